The number of aromatic nitrogens is 6. The van der Waals surface area contributed by atoms with Crippen LogP contribution < -0.4 is 0 Å². The molecular weight excluding hydrogens is 1550 g/mol. The molecule has 0 saturated carbocycles. The van der Waals surface area contributed by atoms with E-state index < -0.39 is 0 Å². The van der Waals surface area contributed by atoms with Crippen molar-refractivity contribution in [3.63, 3.8) is 0 Å². The Morgan fingerprint density at radius 2 is 0.563 bits per heavy atom. The second-order valence-corrected chi connectivity index (χ2v) is 30.7. The van der Waals surface area contributed by atoms with Crippen LogP contribution in [0.15, 0.2) is 284 Å². The molecule has 0 unspecified atom stereocenters. The largest absolute Gasteiger partial charge is 0.506 e. The summed E-state index contributed by atoms with van der Waals surface area (Å²) in [6.07, 6.45) is 0. The minimum Gasteiger partial charge on any atom is -0.506 e. The number of aryl methyl sites for hydroxylation is 6. The smallest absolute Gasteiger partial charge is 0.151 e. The zero-order valence-corrected chi connectivity index (χ0v) is 67.4. The SMILES string of the molecule is Cc1nc2c3ccc(CO)cc3c3cc(CO)ccc3c2cc1O.Cc1nc2c3ccccc3c3ccccc3c2cc1O.Cc1nc2cc(CO)c3ccccc3c2cc1O.Cc1nc2cc3cc4ccccc4cc3cc2cc1O.Cc1nc2cc3ccccc3cc2c(Br)c1O.Cc1nc2ccc3cc4ccccc4cc3c2cc1O. The van der Waals surface area contributed by atoms with Crippen LogP contribution in [0.25, 0.3) is 173 Å². The maximum Gasteiger partial charge on any atom is 0.151 e. The van der Waals surface area contributed by atoms with Crippen LogP contribution in [0.3, 0.4) is 0 Å². The van der Waals surface area contributed by atoms with Crippen LogP contribution in [-0.4, -0.2) is 75.9 Å². The maximum atomic E-state index is 10.1. The Morgan fingerprint density at radius 3 is 1.10 bits per heavy atom. The Morgan fingerprint density at radius 1 is 0.218 bits per heavy atom. The van der Waals surface area contributed by atoms with Crippen LogP contribution in [0.1, 0.15) is 50.9 Å². The van der Waals surface area contributed by atoms with Crippen LogP contribution in [-0.2, 0) is 19.8 Å². The fourth-order valence-corrected chi connectivity index (χ4v) is 16.5. The van der Waals surface area contributed by atoms with E-state index in [1.54, 1.807) is 39.0 Å². The van der Waals surface area contributed by atoms with Crippen molar-refractivity contribution in [2.75, 3.05) is 0 Å². The first-order chi connectivity index (χ1) is 57.7. The molecule has 22 rings (SSSR count). The normalized spacial score (nSPS) is 11.4. The second kappa shape index (κ2) is 32.1. The summed E-state index contributed by atoms with van der Waals surface area (Å²) in [5.41, 5.74) is 11.6. The van der Waals surface area contributed by atoms with Gasteiger partial charge in [0.2, 0.25) is 0 Å². The first-order valence-electron chi connectivity index (χ1n) is 38.9. The third-order valence-corrected chi connectivity index (χ3v) is 23.1. The van der Waals surface area contributed by atoms with Crippen LogP contribution in [0.4, 0.5) is 0 Å². The number of hydrogen-bond acceptors (Lipinski definition) is 15. The summed E-state index contributed by atoms with van der Waals surface area (Å²) in [5, 5.41) is 116. The Labute approximate surface area is 690 Å². The lowest BCUT2D eigenvalue weighted by atomic mass is 9.94. The average molecular weight is 1620 g/mol. The molecule has 22 aromatic rings. The molecule has 0 atom stereocenters. The number of aliphatic hydroxyl groups is 3. The van der Waals surface area contributed by atoms with Gasteiger partial charge >= 0.3 is 0 Å². The Hall–Kier alpha value is -14.3. The molecule has 16 heteroatoms. The Kier molecular flexibility index (Phi) is 20.8. The minimum atomic E-state index is -0.0352. The summed E-state index contributed by atoms with van der Waals surface area (Å²) < 4.78 is 0.714. The number of nitrogens with zero attached hydrogens (tertiary/aromatic N) is 6. The fraction of sp³-hybridized carbons (Fsp3) is 0.0874. The summed E-state index contributed by atoms with van der Waals surface area (Å²) in [4.78, 5) is 26.9. The third-order valence-electron chi connectivity index (χ3n) is 22.3. The van der Waals surface area contributed by atoms with Gasteiger partial charge in [-0.2, -0.15) is 0 Å². The molecule has 9 N–H and O–H groups in total. The van der Waals surface area contributed by atoms with Gasteiger partial charge in [0.15, 0.2) is 5.75 Å². The zero-order valence-electron chi connectivity index (χ0n) is 65.8. The van der Waals surface area contributed by atoms with Crippen molar-refractivity contribution in [3.05, 3.63) is 334 Å². The van der Waals surface area contributed by atoms with E-state index in [4.69, 9.17) is 0 Å². The molecule has 16 aromatic carbocycles. The minimum absolute atomic E-state index is 0.0158. The topological polar surface area (TPSA) is 259 Å². The summed E-state index contributed by atoms with van der Waals surface area (Å²) in [6, 6.07) is 92.6. The van der Waals surface area contributed by atoms with Crippen molar-refractivity contribution in [2.24, 2.45) is 0 Å². The lowest BCUT2D eigenvalue weighted by Crippen LogP contribution is -1.92. The molecule has 0 amide bonds. The number of benzene rings is 16. The summed E-state index contributed by atoms with van der Waals surface area (Å²) in [7, 11) is 0. The first-order valence-corrected chi connectivity index (χ1v) is 39.7. The number of rotatable bonds is 3. The molecule has 15 nitrogen and oxygen atoms in total. The van der Waals surface area contributed by atoms with Gasteiger partial charge in [-0.1, -0.05) is 176 Å². The lowest BCUT2D eigenvalue weighted by Gasteiger charge is -2.13. The molecule has 0 aliphatic heterocycles. The fourth-order valence-electron chi connectivity index (χ4n) is 15.9. The molecule has 0 aliphatic carbocycles. The highest BCUT2D eigenvalue weighted by Gasteiger charge is 2.18. The molecule has 0 aliphatic rings. The molecule has 0 bridgehead atoms. The van der Waals surface area contributed by atoms with E-state index >= 15 is 0 Å². The van der Waals surface area contributed by atoms with E-state index in [-0.39, 0.29) is 54.3 Å². The molecule has 0 spiro atoms. The molecule has 6 heterocycles. The number of hydrogen-bond donors (Lipinski definition) is 9. The summed E-state index contributed by atoms with van der Waals surface area (Å²) in [5.74, 6) is 1.33. The van der Waals surface area contributed by atoms with Crippen molar-refractivity contribution in [2.45, 2.75) is 61.4 Å². The zero-order chi connectivity index (χ0) is 82.6. The van der Waals surface area contributed by atoms with Gasteiger partial charge in [0.1, 0.15) is 28.7 Å². The van der Waals surface area contributed by atoms with Gasteiger partial charge in [0.25, 0.3) is 0 Å². The number of fused-ring (bicyclic) bond motifs is 24. The van der Waals surface area contributed by atoms with Crippen molar-refractivity contribution in [1.29, 1.82) is 0 Å². The number of halogens is 1. The van der Waals surface area contributed by atoms with Gasteiger partial charge in [-0.25, -0.2) is 29.9 Å². The molecule has 0 radical (unpaired) electrons. The molecule has 0 fully saturated rings. The summed E-state index contributed by atoms with van der Waals surface area (Å²) in [6.45, 7) is 10.7. The van der Waals surface area contributed by atoms with E-state index in [0.717, 1.165) is 141 Å². The Balaban J connectivity index is 0.000000102. The van der Waals surface area contributed by atoms with Crippen molar-refractivity contribution < 1.29 is 46.0 Å². The van der Waals surface area contributed by atoms with Crippen LogP contribution in [0, 0.1) is 41.5 Å². The molecule has 582 valence electrons. The first kappa shape index (κ1) is 77.3. The monoisotopic (exact) mass is 1620 g/mol. The van der Waals surface area contributed by atoms with E-state index in [0.29, 0.717) is 38.6 Å². The van der Waals surface area contributed by atoms with E-state index in [1.807, 2.05) is 172 Å². The predicted octanol–water partition coefficient (Wildman–Crippen LogP) is 24.3. The third kappa shape index (κ3) is 14.9. The predicted molar refractivity (Wildman–Crippen MR) is 489 cm³/mol. The van der Waals surface area contributed by atoms with Crippen molar-refractivity contribution in [3.8, 4) is 34.5 Å². The van der Waals surface area contributed by atoms with Crippen molar-refractivity contribution >= 4 is 189 Å². The second-order valence-electron chi connectivity index (χ2n) is 30.0. The highest BCUT2D eigenvalue weighted by Crippen LogP contribution is 2.42. The van der Waals surface area contributed by atoms with Crippen LogP contribution in [0.2, 0.25) is 0 Å². The van der Waals surface area contributed by atoms with E-state index in [1.165, 1.54) is 48.5 Å². The van der Waals surface area contributed by atoms with Gasteiger partial charge in [-0.05, 0) is 274 Å². The maximum absolute atomic E-state index is 10.1. The highest BCUT2D eigenvalue weighted by atomic mass is 79.9. The lowest BCUT2D eigenvalue weighted by molar-refractivity contribution is 0.281. The molecule has 6 aromatic heterocycles. The van der Waals surface area contributed by atoms with Crippen molar-refractivity contribution in [1.82, 2.24) is 29.9 Å². The van der Waals surface area contributed by atoms with E-state index in [2.05, 4.69) is 155 Å². The van der Waals surface area contributed by atoms with Gasteiger partial charge in [-0.3, -0.25) is 0 Å². The van der Waals surface area contributed by atoms with Crippen LogP contribution in [0.5, 0.6) is 34.5 Å². The molecular formula is C103H79BrN6O9. The number of pyridine rings is 6. The van der Waals surface area contributed by atoms with Gasteiger partial charge < -0.3 is 46.0 Å². The number of aliphatic hydroxyl groups excluding tert-OH is 3. The molecule has 119 heavy (non-hydrogen) atoms. The van der Waals surface area contributed by atoms with Crippen LogP contribution >= 0.6 is 15.9 Å². The highest BCUT2D eigenvalue weighted by molar-refractivity contribution is 9.10. The molecule has 0 saturated heterocycles. The quantitative estimate of drug-likeness (QED) is 0.0589. The van der Waals surface area contributed by atoms with Gasteiger partial charge in [-0.15, -0.1) is 0 Å². The summed E-state index contributed by atoms with van der Waals surface area (Å²) >= 11 is 3.43. The number of aromatic hydroxyl groups is 6. The average Bonchev–Trinajstić information content (AvgIpc) is 0.822. The van der Waals surface area contributed by atoms with Gasteiger partial charge in [0.05, 0.1) is 91.6 Å². The van der Waals surface area contributed by atoms with Gasteiger partial charge in [0, 0.05) is 43.1 Å². The Bertz CT molecular complexity index is 7620. The standard InChI is InChI=1S/C20H17NO3.3C18H13NO.C15H13NO2.C14H10BrNO/c1-11-19(24)8-18-14-4-2-12(9-22)6-16(14)17-7-13(10-23)3-5-15(17)20(18)21-11;1-11-17(20)10-16-14-8-3-2-6-12(14)13-7-4-5-9-15(13)18(16)19-11;1-11-18(20)10-16-8-14-6-12-4-2-3-5-13(12)7-15(14)9-17(16)19-11;1-11-18(20)10-16-15-9-13-5-3-2-4-12(13)8-14(15)6-7-17(16)19-11;1-9-15(18)7-13-12-5-3-2-4-11(12)10(8-17)6-14(13)16-9;1-8-14(17)13(15)11-6-9-4-2-3-5-10(9)7-12(11)16-8/h2-8,22-24H,9-10H2,1H3;3*2-10,20H,1H3;2-7,17-18H,8H2,1H3;2-7,17H,1H3. The van der Waals surface area contributed by atoms with E-state index in [9.17, 15) is 46.0 Å².